The van der Waals surface area contributed by atoms with Crippen molar-refractivity contribution in [3.63, 3.8) is 0 Å². The molecule has 0 aromatic rings. The lowest BCUT2D eigenvalue weighted by molar-refractivity contribution is -0.138. The first-order valence-corrected chi connectivity index (χ1v) is 8.96. The lowest BCUT2D eigenvalue weighted by atomic mass is 9.77. The van der Waals surface area contributed by atoms with Gasteiger partial charge in [0.25, 0.3) is 0 Å². The SMILES string of the molecule is CCN(CC)C(=O)N1CCN(C(=O)C2NCCCC2(C)C)CC1. The van der Waals surface area contributed by atoms with Gasteiger partial charge in [0.05, 0.1) is 6.04 Å². The van der Waals surface area contributed by atoms with Crippen LogP contribution in [-0.2, 0) is 4.79 Å². The molecule has 0 saturated carbocycles. The molecule has 6 nitrogen and oxygen atoms in total. The van der Waals surface area contributed by atoms with E-state index >= 15 is 0 Å². The Morgan fingerprint density at radius 3 is 2.17 bits per heavy atom. The van der Waals surface area contributed by atoms with Gasteiger partial charge in [0.2, 0.25) is 5.91 Å². The molecule has 0 bridgehead atoms. The van der Waals surface area contributed by atoms with E-state index < -0.39 is 0 Å². The fourth-order valence-electron chi connectivity index (χ4n) is 3.63. The first kappa shape index (κ1) is 18.0. The van der Waals surface area contributed by atoms with Crippen molar-refractivity contribution in [1.29, 1.82) is 0 Å². The van der Waals surface area contributed by atoms with Gasteiger partial charge in [-0.1, -0.05) is 13.8 Å². The zero-order valence-corrected chi connectivity index (χ0v) is 15.1. The molecule has 1 atom stereocenters. The van der Waals surface area contributed by atoms with Crippen LogP contribution < -0.4 is 5.32 Å². The maximum absolute atomic E-state index is 12.8. The summed E-state index contributed by atoms with van der Waals surface area (Å²) in [6, 6.07) is -0.000459. The standard InChI is InChI=1S/C17H32N4O2/c1-5-19(6-2)16(23)21-12-10-20(11-13-21)15(22)14-17(3,4)8-7-9-18-14/h14,18H,5-13H2,1-4H3. The zero-order chi connectivity index (χ0) is 17.0. The van der Waals surface area contributed by atoms with Gasteiger partial charge in [0, 0.05) is 39.3 Å². The summed E-state index contributed by atoms with van der Waals surface area (Å²) in [5, 5.41) is 3.40. The molecule has 2 aliphatic heterocycles. The molecule has 6 heteroatoms. The number of nitrogens with zero attached hydrogens (tertiary/aromatic N) is 3. The number of carbonyl (C=O) groups is 2. The Balaban J connectivity index is 1.91. The Labute approximate surface area is 140 Å². The van der Waals surface area contributed by atoms with Crippen LogP contribution in [0.3, 0.4) is 0 Å². The van der Waals surface area contributed by atoms with Crippen LogP contribution in [0.1, 0.15) is 40.5 Å². The third-order valence-corrected chi connectivity index (χ3v) is 5.27. The van der Waals surface area contributed by atoms with Crippen molar-refractivity contribution >= 4 is 11.9 Å². The molecule has 3 amide bonds. The predicted octanol–water partition coefficient (Wildman–Crippen LogP) is 1.37. The molecule has 2 heterocycles. The van der Waals surface area contributed by atoms with Crippen molar-refractivity contribution in [2.75, 3.05) is 45.8 Å². The van der Waals surface area contributed by atoms with Crippen molar-refractivity contribution in [2.24, 2.45) is 5.41 Å². The molecule has 2 aliphatic rings. The van der Waals surface area contributed by atoms with Gasteiger partial charge in [0.1, 0.15) is 0 Å². The van der Waals surface area contributed by atoms with E-state index in [1.165, 1.54) is 0 Å². The van der Waals surface area contributed by atoms with Crippen molar-refractivity contribution in [3.8, 4) is 0 Å². The molecule has 0 aliphatic carbocycles. The minimum Gasteiger partial charge on any atom is -0.338 e. The van der Waals surface area contributed by atoms with Crippen molar-refractivity contribution in [2.45, 2.75) is 46.6 Å². The molecule has 1 unspecified atom stereocenters. The minimum atomic E-state index is -0.0960. The van der Waals surface area contributed by atoms with Crippen LogP contribution in [-0.4, -0.2) is 78.5 Å². The van der Waals surface area contributed by atoms with Crippen LogP contribution in [0.15, 0.2) is 0 Å². The summed E-state index contributed by atoms with van der Waals surface area (Å²) in [6.45, 7) is 13.3. The van der Waals surface area contributed by atoms with Crippen LogP contribution in [0.4, 0.5) is 4.79 Å². The van der Waals surface area contributed by atoms with E-state index in [2.05, 4.69) is 19.2 Å². The number of rotatable bonds is 3. The Bertz CT molecular complexity index is 426. The molecule has 1 N–H and O–H groups in total. The second-order valence-electron chi connectivity index (χ2n) is 7.25. The van der Waals surface area contributed by atoms with Gasteiger partial charge in [-0.3, -0.25) is 4.79 Å². The number of piperazine rings is 1. The third kappa shape index (κ3) is 3.97. The summed E-state index contributed by atoms with van der Waals surface area (Å²) in [7, 11) is 0. The Hall–Kier alpha value is -1.30. The highest BCUT2D eigenvalue weighted by Crippen LogP contribution is 2.31. The smallest absolute Gasteiger partial charge is 0.320 e. The topological polar surface area (TPSA) is 55.9 Å². The molecule has 23 heavy (non-hydrogen) atoms. The Morgan fingerprint density at radius 2 is 1.65 bits per heavy atom. The molecule has 0 spiro atoms. The van der Waals surface area contributed by atoms with E-state index in [1.54, 1.807) is 0 Å². The van der Waals surface area contributed by atoms with E-state index in [9.17, 15) is 9.59 Å². The molecule has 2 saturated heterocycles. The van der Waals surface area contributed by atoms with E-state index in [-0.39, 0.29) is 23.4 Å². The Kier molecular flexibility index (Phi) is 5.89. The van der Waals surface area contributed by atoms with Gasteiger partial charge in [-0.2, -0.15) is 0 Å². The third-order valence-electron chi connectivity index (χ3n) is 5.27. The van der Waals surface area contributed by atoms with Crippen LogP contribution >= 0.6 is 0 Å². The number of hydrogen-bond acceptors (Lipinski definition) is 3. The highest BCUT2D eigenvalue weighted by Gasteiger charge is 2.40. The van der Waals surface area contributed by atoms with Crippen molar-refractivity contribution in [3.05, 3.63) is 0 Å². The van der Waals surface area contributed by atoms with E-state index in [1.807, 2.05) is 28.5 Å². The van der Waals surface area contributed by atoms with E-state index in [0.29, 0.717) is 26.2 Å². The van der Waals surface area contributed by atoms with Gasteiger partial charge in [0.15, 0.2) is 0 Å². The van der Waals surface area contributed by atoms with E-state index in [0.717, 1.165) is 32.5 Å². The number of hydrogen-bond donors (Lipinski definition) is 1. The summed E-state index contributed by atoms with van der Waals surface area (Å²) in [4.78, 5) is 30.9. The van der Waals surface area contributed by atoms with Gasteiger partial charge in [-0.15, -0.1) is 0 Å². The molecule has 0 radical (unpaired) electrons. The number of amides is 3. The van der Waals surface area contributed by atoms with Gasteiger partial charge >= 0.3 is 6.03 Å². The number of nitrogens with one attached hydrogen (secondary N) is 1. The summed E-state index contributed by atoms with van der Waals surface area (Å²) < 4.78 is 0. The highest BCUT2D eigenvalue weighted by molar-refractivity contribution is 5.83. The summed E-state index contributed by atoms with van der Waals surface area (Å²) in [5.74, 6) is 0.199. The summed E-state index contributed by atoms with van der Waals surface area (Å²) >= 11 is 0. The second kappa shape index (κ2) is 7.51. The fraction of sp³-hybridized carbons (Fsp3) is 0.882. The fourth-order valence-corrected chi connectivity index (χ4v) is 3.63. The molecule has 2 fully saturated rings. The largest absolute Gasteiger partial charge is 0.338 e. The number of carbonyl (C=O) groups excluding carboxylic acids is 2. The van der Waals surface area contributed by atoms with Gasteiger partial charge < -0.3 is 20.0 Å². The molecule has 2 rings (SSSR count). The number of piperidine rings is 1. The van der Waals surface area contributed by atoms with Gasteiger partial charge in [-0.05, 0) is 38.6 Å². The van der Waals surface area contributed by atoms with E-state index in [4.69, 9.17) is 0 Å². The lowest BCUT2D eigenvalue weighted by Gasteiger charge is -2.43. The monoisotopic (exact) mass is 324 g/mol. The predicted molar refractivity (Wildman–Crippen MR) is 91.3 cm³/mol. The van der Waals surface area contributed by atoms with Crippen LogP contribution in [0.5, 0.6) is 0 Å². The average molecular weight is 324 g/mol. The average Bonchev–Trinajstić information content (AvgIpc) is 2.55. The first-order chi connectivity index (χ1) is 10.9. The maximum Gasteiger partial charge on any atom is 0.320 e. The quantitative estimate of drug-likeness (QED) is 0.853. The lowest BCUT2D eigenvalue weighted by Crippen LogP contribution is -2.61. The van der Waals surface area contributed by atoms with Crippen molar-refractivity contribution < 1.29 is 9.59 Å². The normalized spacial score (nSPS) is 24.4. The zero-order valence-electron chi connectivity index (χ0n) is 15.1. The molecule has 132 valence electrons. The molecular weight excluding hydrogens is 292 g/mol. The van der Waals surface area contributed by atoms with Crippen LogP contribution in [0.25, 0.3) is 0 Å². The summed E-state index contributed by atoms with van der Waals surface area (Å²) in [5.41, 5.74) is 0.00348. The first-order valence-electron chi connectivity index (χ1n) is 8.96. The summed E-state index contributed by atoms with van der Waals surface area (Å²) in [6.07, 6.45) is 2.21. The molecule has 0 aromatic carbocycles. The molecular formula is C17H32N4O2. The van der Waals surface area contributed by atoms with Crippen molar-refractivity contribution in [1.82, 2.24) is 20.0 Å². The Morgan fingerprint density at radius 1 is 1.09 bits per heavy atom. The number of urea groups is 1. The highest BCUT2D eigenvalue weighted by atomic mass is 16.2. The van der Waals surface area contributed by atoms with Crippen LogP contribution in [0, 0.1) is 5.41 Å². The molecule has 0 aromatic heterocycles. The second-order valence-corrected chi connectivity index (χ2v) is 7.25. The maximum atomic E-state index is 12.8. The minimum absolute atomic E-state index is 0.00348. The van der Waals surface area contributed by atoms with Gasteiger partial charge in [-0.25, -0.2) is 4.79 Å². The van der Waals surface area contributed by atoms with Crippen LogP contribution in [0.2, 0.25) is 0 Å².